The largest absolute Gasteiger partial charge is 0.497 e. The van der Waals surface area contributed by atoms with E-state index in [-0.39, 0.29) is 35.1 Å². The van der Waals surface area contributed by atoms with Gasteiger partial charge in [0.15, 0.2) is 0 Å². The summed E-state index contributed by atoms with van der Waals surface area (Å²) in [5.74, 6) is -2.14. The van der Waals surface area contributed by atoms with Crippen LogP contribution in [0.4, 0.5) is 22.7 Å². The first-order chi connectivity index (χ1) is 36.2. The molecule has 17 heteroatoms. The zero-order chi connectivity index (χ0) is 53.2. The van der Waals surface area contributed by atoms with Crippen LogP contribution >= 0.6 is 46.5 Å². The molecule has 1 aromatic heterocycles. The van der Waals surface area contributed by atoms with E-state index in [1.807, 2.05) is 90.3 Å². The van der Waals surface area contributed by atoms with Gasteiger partial charge in [-0.05, 0) is 108 Å². The highest BCUT2D eigenvalue weighted by Gasteiger charge is 2.37. The lowest BCUT2D eigenvalue weighted by molar-refractivity contribution is -0.114. The molecule has 0 fully saturated rings. The SMILES string of the molecule is COc1cc(NC(=O)CSC2=C(C#N)C(c3ccccc3)C(C(=O)Nc3ccc(Cl)cc3)=C(C)N2)cc(-c2cccc(NC(=O)C3=C(C)NC(SCC(=O)Nc4ccccc4C(C)C)=C(C#N)C3c3cccs3)c2)c1. The van der Waals surface area contributed by atoms with Crippen molar-refractivity contribution < 1.29 is 23.9 Å². The van der Waals surface area contributed by atoms with Crippen LogP contribution in [-0.2, 0) is 19.2 Å². The summed E-state index contributed by atoms with van der Waals surface area (Å²) in [6.07, 6.45) is 0. The van der Waals surface area contributed by atoms with Crippen molar-refractivity contribution in [3.05, 3.63) is 204 Å². The van der Waals surface area contributed by atoms with Gasteiger partial charge in [0.1, 0.15) is 5.75 Å². The number of methoxy groups -OCH3 is 1. The van der Waals surface area contributed by atoms with Gasteiger partial charge in [0.2, 0.25) is 11.8 Å². The number of thiophene rings is 1. The summed E-state index contributed by atoms with van der Waals surface area (Å²) in [4.78, 5) is 56.1. The summed E-state index contributed by atoms with van der Waals surface area (Å²) in [5, 5.41) is 43.1. The van der Waals surface area contributed by atoms with Crippen molar-refractivity contribution in [1.82, 2.24) is 10.6 Å². The number of dihydropyridines is 2. The second-order valence-corrected chi connectivity index (χ2v) is 21.1. The number of hydrogen-bond donors (Lipinski definition) is 6. The van der Waals surface area contributed by atoms with E-state index < -0.39 is 17.7 Å². The van der Waals surface area contributed by atoms with Crippen LogP contribution in [0.2, 0.25) is 5.02 Å². The molecule has 5 aromatic carbocycles. The molecule has 378 valence electrons. The van der Waals surface area contributed by atoms with Crippen LogP contribution in [0.1, 0.15) is 61.5 Å². The number of carbonyl (C=O) groups is 4. The fraction of sp³-hybridized carbons (Fsp3) is 0.172. The van der Waals surface area contributed by atoms with Gasteiger partial charge in [-0.15, -0.1) is 11.3 Å². The predicted molar refractivity (Wildman–Crippen MR) is 303 cm³/mol. The molecule has 75 heavy (non-hydrogen) atoms. The first kappa shape index (κ1) is 53.3. The maximum absolute atomic E-state index is 14.5. The molecule has 6 aromatic rings. The molecule has 4 amide bonds. The van der Waals surface area contributed by atoms with Gasteiger partial charge in [0, 0.05) is 61.3 Å². The van der Waals surface area contributed by atoms with E-state index in [0.717, 1.165) is 33.5 Å². The van der Waals surface area contributed by atoms with Crippen molar-refractivity contribution in [1.29, 1.82) is 10.5 Å². The molecular formula is C58H51ClN8O5S3. The Hall–Kier alpha value is -7.99. The topological polar surface area (TPSA) is 197 Å². The Morgan fingerprint density at radius 1 is 0.653 bits per heavy atom. The minimum atomic E-state index is -0.715. The first-order valence-corrected chi connectivity index (χ1v) is 26.9. The lowest BCUT2D eigenvalue weighted by Gasteiger charge is -2.30. The van der Waals surface area contributed by atoms with Gasteiger partial charge >= 0.3 is 0 Å². The number of nitrogens with one attached hydrogen (secondary N) is 6. The molecule has 0 saturated carbocycles. The fourth-order valence-corrected chi connectivity index (χ4v) is 11.6. The van der Waals surface area contributed by atoms with Gasteiger partial charge in [-0.2, -0.15) is 10.5 Å². The molecule has 3 heterocycles. The zero-order valence-corrected chi connectivity index (χ0v) is 44.7. The molecule has 0 bridgehead atoms. The summed E-state index contributed by atoms with van der Waals surface area (Å²) in [7, 11) is 1.53. The van der Waals surface area contributed by atoms with Crippen molar-refractivity contribution in [3.8, 4) is 29.0 Å². The van der Waals surface area contributed by atoms with E-state index >= 15 is 0 Å². The van der Waals surface area contributed by atoms with E-state index in [4.69, 9.17) is 16.3 Å². The van der Waals surface area contributed by atoms with Crippen LogP contribution in [0.15, 0.2) is 183 Å². The van der Waals surface area contributed by atoms with Gasteiger partial charge in [-0.25, -0.2) is 0 Å². The van der Waals surface area contributed by atoms with E-state index in [1.54, 1.807) is 62.4 Å². The number of anilines is 4. The molecule has 0 saturated heterocycles. The third-order valence-corrected chi connectivity index (χ3v) is 15.5. The third-order valence-electron chi connectivity index (χ3n) is 12.3. The molecule has 6 N–H and O–H groups in total. The average Bonchev–Trinajstić information content (AvgIpc) is 3.95. The molecule has 0 aliphatic carbocycles. The number of rotatable bonds is 17. The molecular weight excluding hydrogens is 1020 g/mol. The Morgan fingerprint density at radius 3 is 1.88 bits per heavy atom. The molecule has 2 unspecified atom stereocenters. The molecule has 0 spiro atoms. The van der Waals surface area contributed by atoms with Crippen LogP contribution in [0.25, 0.3) is 11.1 Å². The maximum atomic E-state index is 14.5. The molecule has 2 aliphatic rings. The number of thioether (sulfide) groups is 2. The highest BCUT2D eigenvalue weighted by Crippen LogP contribution is 2.44. The van der Waals surface area contributed by atoms with Gasteiger partial charge in [-0.3, -0.25) is 19.2 Å². The second kappa shape index (κ2) is 24.4. The molecule has 0 radical (unpaired) electrons. The summed E-state index contributed by atoms with van der Waals surface area (Å²) >= 11 is 9.88. The minimum Gasteiger partial charge on any atom is -0.497 e. The van der Waals surface area contributed by atoms with Gasteiger partial charge in [-0.1, -0.05) is 116 Å². The van der Waals surface area contributed by atoms with E-state index in [2.05, 4.69) is 57.9 Å². The first-order valence-electron chi connectivity index (χ1n) is 23.7. The number of halogens is 1. The average molecular weight is 1070 g/mol. The lowest BCUT2D eigenvalue weighted by atomic mass is 9.82. The number of carbonyl (C=O) groups excluding carboxylic acids is 4. The highest BCUT2D eigenvalue weighted by molar-refractivity contribution is 8.03. The van der Waals surface area contributed by atoms with E-state index in [0.29, 0.717) is 82.7 Å². The Kier molecular flexibility index (Phi) is 17.3. The smallest absolute Gasteiger partial charge is 0.254 e. The Bertz CT molecular complexity index is 3390. The zero-order valence-electron chi connectivity index (χ0n) is 41.5. The number of amides is 4. The normalized spacial score (nSPS) is 15.3. The number of benzene rings is 5. The van der Waals surface area contributed by atoms with Crippen molar-refractivity contribution in [2.24, 2.45) is 0 Å². The van der Waals surface area contributed by atoms with Gasteiger partial charge in [0.25, 0.3) is 11.8 Å². The number of hydrogen-bond acceptors (Lipinski definition) is 12. The predicted octanol–water partition coefficient (Wildman–Crippen LogP) is 12.6. The molecule has 2 aliphatic heterocycles. The molecule has 13 nitrogen and oxygen atoms in total. The number of para-hydroxylation sites is 1. The standard InChI is InChI=1S/C58H51ClN8O5S3/c1-33(2)44-17-9-10-18-47(44)67-50(69)32-75-58-46(30-61)54(48-19-12-24-73-48)52(35(4)63-58)56(71)66-41-16-11-15-37(25-41)38-26-42(28-43(27-38)72-5)64-49(68)31-74-57-45(29-60)53(36-13-7-6-8-14-36)51(34(3)62-57)55(70)65-40-22-20-39(59)21-23-40/h6-28,33,53-54,62-63H,31-32H2,1-5H3,(H,64,68)(H,65,70)(H,66,71)(H,67,69). The van der Waals surface area contributed by atoms with Crippen molar-refractivity contribution in [3.63, 3.8) is 0 Å². The third kappa shape index (κ3) is 12.7. The Morgan fingerprint density at radius 2 is 1.25 bits per heavy atom. The summed E-state index contributed by atoms with van der Waals surface area (Å²) in [6, 6.07) is 44.7. The summed E-state index contributed by atoms with van der Waals surface area (Å²) < 4.78 is 5.66. The highest BCUT2D eigenvalue weighted by atomic mass is 35.5. The van der Waals surface area contributed by atoms with Crippen molar-refractivity contribution in [2.45, 2.75) is 45.4 Å². The maximum Gasteiger partial charge on any atom is 0.254 e. The van der Waals surface area contributed by atoms with Gasteiger partial charge < -0.3 is 36.6 Å². The number of allylic oxidation sites excluding steroid dienone is 4. The van der Waals surface area contributed by atoms with Crippen molar-refractivity contribution in [2.75, 3.05) is 39.9 Å². The second-order valence-electron chi connectivity index (χ2n) is 17.7. The van der Waals surface area contributed by atoms with E-state index in [9.17, 15) is 29.7 Å². The lowest BCUT2D eigenvalue weighted by Crippen LogP contribution is -2.31. The monoisotopic (exact) mass is 1070 g/mol. The fourth-order valence-electron chi connectivity index (χ4n) is 8.81. The Labute approximate surface area is 453 Å². The number of nitrogens with zero attached hydrogens (tertiary/aromatic N) is 2. The van der Waals surface area contributed by atoms with Crippen LogP contribution in [0.5, 0.6) is 5.75 Å². The van der Waals surface area contributed by atoms with Crippen LogP contribution < -0.4 is 36.6 Å². The van der Waals surface area contributed by atoms with Crippen LogP contribution in [-0.4, -0.2) is 42.2 Å². The van der Waals surface area contributed by atoms with Gasteiger partial charge in [0.05, 0.1) is 63.8 Å². The van der Waals surface area contributed by atoms with E-state index in [1.165, 1.54) is 30.2 Å². The summed E-state index contributed by atoms with van der Waals surface area (Å²) in [6.45, 7) is 7.69. The van der Waals surface area contributed by atoms with Crippen molar-refractivity contribution >= 4 is 92.8 Å². The minimum absolute atomic E-state index is 0.0376. The quantitative estimate of drug-likeness (QED) is 0.0508. The Balaban J connectivity index is 0.967. The molecule has 8 rings (SSSR count). The van der Waals surface area contributed by atoms with Crippen LogP contribution in [0.3, 0.4) is 0 Å². The molecule has 2 atom stereocenters. The number of ether oxygens (including phenoxy) is 1. The van der Waals surface area contributed by atoms with Crippen LogP contribution in [0, 0.1) is 22.7 Å². The summed E-state index contributed by atoms with van der Waals surface area (Å²) in [5.41, 5.74) is 7.82. The number of nitriles is 2.